The summed E-state index contributed by atoms with van der Waals surface area (Å²) in [5.74, 6) is -0.777. The predicted molar refractivity (Wildman–Crippen MR) is 124 cm³/mol. The van der Waals surface area contributed by atoms with E-state index < -0.39 is 11.9 Å². The molecule has 1 saturated heterocycles. The predicted octanol–water partition coefficient (Wildman–Crippen LogP) is 3.42. The number of nitrogens with one attached hydrogen (secondary N) is 1. The molecular weight excluding hydrogens is 437 g/mol. The Morgan fingerprint density at radius 2 is 1.76 bits per heavy atom. The summed E-state index contributed by atoms with van der Waals surface area (Å²) < 4.78 is 18.8. The Morgan fingerprint density at radius 3 is 2.50 bits per heavy atom. The summed E-state index contributed by atoms with van der Waals surface area (Å²) >= 11 is 0. The third-order valence-corrected chi connectivity index (χ3v) is 6.23. The number of nitrogens with zero attached hydrogens (tertiary/aromatic N) is 2. The minimum absolute atomic E-state index is 0.0340. The number of rotatable bonds is 3. The highest BCUT2D eigenvalue weighted by molar-refractivity contribution is 6.11. The van der Waals surface area contributed by atoms with Gasteiger partial charge in [0.2, 0.25) is 5.91 Å². The number of hydrogen-bond donors (Lipinski definition) is 1. The quantitative estimate of drug-likeness (QED) is 0.651. The molecule has 1 atom stereocenters. The fourth-order valence-electron chi connectivity index (χ4n) is 4.40. The van der Waals surface area contributed by atoms with E-state index in [1.165, 1.54) is 34.1 Å². The molecule has 3 aromatic rings. The highest BCUT2D eigenvalue weighted by atomic mass is 19.1. The molecular formula is C26H22FN3O4. The van der Waals surface area contributed by atoms with Crippen molar-refractivity contribution in [1.29, 1.82) is 0 Å². The number of hydrogen-bond acceptors (Lipinski definition) is 4. The number of carbonyl (C=O) groups excluding carboxylic acids is 3. The van der Waals surface area contributed by atoms with Crippen molar-refractivity contribution in [2.24, 2.45) is 0 Å². The second-order valence-corrected chi connectivity index (χ2v) is 8.25. The van der Waals surface area contributed by atoms with Crippen LogP contribution in [0.4, 0.5) is 10.1 Å². The average molecular weight is 459 g/mol. The van der Waals surface area contributed by atoms with Gasteiger partial charge in [0.05, 0.1) is 24.9 Å². The fourth-order valence-corrected chi connectivity index (χ4v) is 4.40. The van der Waals surface area contributed by atoms with Crippen LogP contribution in [0.1, 0.15) is 20.7 Å². The van der Waals surface area contributed by atoms with Crippen LogP contribution in [0.15, 0.2) is 66.7 Å². The van der Waals surface area contributed by atoms with Gasteiger partial charge in [-0.2, -0.15) is 0 Å². The second-order valence-electron chi connectivity index (χ2n) is 8.25. The van der Waals surface area contributed by atoms with Crippen LogP contribution in [0, 0.1) is 5.82 Å². The summed E-state index contributed by atoms with van der Waals surface area (Å²) in [5.41, 5.74) is 2.79. The van der Waals surface area contributed by atoms with Crippen molar-refractivity contribution in [2.45, 2.75) is 6.04 Å². The number of piperazine rings is 1. The summed E-state index contributed by atoms with van der Waals surface area (Å²) in [6, 6.07) is 17.4. The van der Waals surface area contributed by atoms with E-state index in [1.54, 1.807) is 19.2 Å². The molecule has 3 amide bonds. The molecule has 0 aromatic heterocycles. The molecule has 5 rings (SSSR count). The molecule has 3 aromatic carbocycles. The molecule has 1 N–H and O–H groups in total. The van der Waals surface area contributed by atoms with Crippen molar-refractivity contribution < 1.29 is 23.5 Å². The van der Waals surface area contributed by atoms with Gasteiger partial charge in [-0.25, -0.2) is 4.39 Å². The first-order valence-electron chi connectivity index (χ1n) is 10.9. The van der Waals surface area contributed by atoms with E-state index >= 15 is 0 Å². The molecule has 8 heteroatoms. The smallest absolute Gasteiger partial charge is 0.256 e. The van der Waals surface area contributed by atoms with Crippen LogP contribution < -0.4 is 10.1 Å². The maximum absolute atomic E-state index is 13.6. The minimum atomic E-state index is -0.837. The topological polar surface area (TPSA) is 79.0 Å². The lowest BCUT2D eigenvalue weighted by Gasteiger charge is -2.39. The lowest BCUT2D eigenvalue weighted by atomic mass is 10.0. The van der Waals surface area contributed by atoms with Crippen molar-refractivity contribution in [3.63, 3.8) is 0 Å². The lowest BCUT2D eigenvalue weighted by Crippen LogP contribution is -2.59. The Labute approximate surface area is 195 Å². The van der Waals surface area contributed by atoms with Crippen LogP contribution >= 0.6 is 0 Å². The van der Waals surface area contributed by atoms with Crippen LogP contribution in [0.2, 0.25) is 0 Å². The number of methoxy groups -OCH3 is 1. The van der Waals surface area contributed by atoms with Crippen molar-refractivity contribution in [1.82, 2.24) is 9.80 Å². The number of amides is 3. The maximum Gasteiger partial charge on any atom is 0.256 e. The van der Waals surface area contributed by atoms with Crippen LogP contribution in [-0.2, 0) is 4.79 Å². The minimum Gasteiger partial charge on any atom is -0.497 e. The molecule has 172 valence electrons. The van der Waals surface area contributed by atoms with Gasteiger partial charge in [-0.1, -0.05) is 24.3 Å². The molecule has 0 aliphatic carbocycles. The maximum atomic E-state index is 13.6. The molecule has 2 aliphatic heterocycles. The Bertz CT molecular complexity index is 1290. The number of benzene rings is 3. The largest absolute Gasteiger partial charge is 0.497 e. The van der Waals surface area contributed by atoms with Gasteiger partial charge < -0.3 is 19.9 Å². The monoisotopic (exact) mass is 459 g/mol. The van der Waals surface area contributed by atoms with Gasteiger partial charge in [0.25, 0.3) is 11.8 Å². The van der Waals surface area contributed by atoms with Crippen molar-refractivity contribution in [3.8, 4) is 16.9 Å². The van der Waals surface area contributed by atoms with E-state index in [1.807, 2.05) is 30.3 Å². The molecule has 34 heavy (non-hydrogen) atoms. The summed E-state index contributed by atoms with van der Waals surface area (Å²) in [6.07, 6.45) is 0. The third-order valence-electron chi connectivity index (χ3n) is 6.23. The highest BCUT2D eigenvalue weighted by Gasteiger charge is 2.40. The van der Waals surface area contributed by atoms with E-state index in [0.29, 0.717) is 11.3 Å². The Hall–Kier alpha value is -4.20. The molecule has 1 fully saturated rings. The Morgan fingerprint density at radius 1 is 1.00 bits per heavy atom. The zero-order chi connectivity index (χ0) is 23.8. The molecule has 1 unspecified atom stereocenters. The number of halogens is 1. The van der Waals surface area contributed by atoms with E-state index in [2.05, 4.69) is 5.32 Å². The first kappa shape index (κ1) is 21.6. The standard InChI is InChI=1S/C26H22FN3O4/c1-34-20-8-5-16(6-9-20)17-7-10-22-21(14-17)26(33)30-12-11-29(15-23(30)24(31)28-22)25(32)18-3-2-4-19(27)13-18/h2-10,13-14,23H,11-12,15H2,1H3,(H,28,31). The average Bonchev–Trinajstić information content (AvgIpc) is 2.97. The third kappa shape index (κ3) is 3.87. The first-order chi connectivity index (χ1) is 16.4. The van der Waals surface area contributed by atoms with Gasteiger partial charge >= 0.3 is 0 Å². The zero-order valence-electron chi connectivity index (χ0n) is 18.5. The van der Waals surface area contributed by atoms with Crippen LogP contribution in [0.5, 0.6) is 5.75 Å². The molecule has 2 aliphatic rings. The molecule has 0 bridgehead atoms. The van der Waals surface area contributed by atoms with E-state index in [0.717, 1.165) is 16.9 Å². The van der Waals surface area contributed by atoms with Crippen molar-refractivity contribution in [2.75, 3.05) is 32.1 Å². The SMILES string of the molecule is COc1ccc(-c2ccc3c(c2)C(=O)N2CCN(C(=O)c4cccc(F)c4)CC2C(=O)N3)cc1. The summed E-state index contributed by atoms with van der Waals surface area (Å²) in [6.45, 7) is 0.481. The van der Waals surface area contributed by atoms with Gasteiger partial charge in [-0.3, -0.25) is 14.4 Å². The highest BCUT2D eigenvalue weighted by Crippen LogP contribution is 2.31. The van der Waals surface area contributed by atoms with Crippen molar-refractivity contribution in [3.05, 3.63) is 83.7 Å². The molecule has 0 saturated carbocycles. The van der Waals surface area contributed by atoms with Gasteiger partial charge in [-0.05, 0) is 53.6 Å². The fraction of sp³-hybridized carbons (Fsp3) is 0.192. The van der Waals surface area contributed by atoms with Gasteiger partial charge in [0.1, 0.15) is 17.6 Å². The Kier molecular flexibility index (Phi) is 5.49. The normalized spacial score (nSPS) is 17.4. The summed E-state index contributed by atoms with van der Waals surface area (Å²) in [7, 11) is 1.60. The number of fused-ring (bicyclic) bond motifs is 2. The van der Waals surface area contributed by atoms with Gasteiger partial charge in [0, 0.05) is 18.7 Å². The first-order valence-corrected chi connectivity index (χ1v) is 10.9. The number of ether oxygens (including phenoxy) is 1. The second kappa shape index (κ2) is 8.62. The summed E-state index contributed by atoms with van der Waals surface area (Å²) in [5, 5.41) is 2.84. The van der Waals surface area contributed by atoms with E-state index in [9.17, 15) is 18.8 Å². The number of carbonyl (C=O) groups is 3. The molecule has 2 heterocycles. The van der Waals surface area contributed by atoms with E-state index in [4.69, 9.17) is 4.74 Å². The van der Waals surface area contributed by atoms with Gasteiger partial charge in [0.15, 0.2) is 0 Å². The Balaban J connectivity index is 1.41. The summed E-state index contributed by atoms with van der Waals surface area (Å²) in [4.78, 5) is 42.4. The molecule has 7 nitrogen and oxygen atoms in total. The molecule has 0 radical (unpaired) electrons. The lowest BCUT2D eigenvalue weighted by molar-refractivity contribution is -0.121. The van der Waals surface area contributed by atoms with Crippen molar-refractivity contribution >= 4 is 23.4 Å². The molecule has 0 spiro atoms. The zero-order valence-corrected chi connectivity index (χ0v) is 18.5. The van der Waals surface area contributed by atoms with Crippen LogP contribution in [0.3, 0.4) is 0 Å². The van der Waals surface area contributed by atoms with Crippen LogP contribution in [-0.4, -0.2) is 60.3 Å². The van der Waals surface area contributed by atoms with Crippen LogP contribution in [0.25, 0.3) is 11.1 Å². The van der Waals surface area contributed by atoms with E-state index in [-0.39, 0.29) is 42.9 Å². The number of anilines is 1. The van der Waals surface area contributed by atoms with Gasteiger partial charge in [-0.15, -0.1) is 0 Å².